The predicted molar refractivity (Wildman–Crippen MR) is 120 cm³/mol. The Bertz CT molecular complexity index is 1080. The summed E-state index contributed by atoms with van der Waals surface area (Å²) in [4.78, 5) is 5.81. The van der Waals surface area contributed by atoms with Crippen molar-refractivity contribution in [2.75, 3.05) is 29.7 Å². The maximum Gasteiger partial charge on any atom is 0.266 e. The van der Waals surface area contributed by atoms with E-state index < -0.39 is 20.7 Å². The van der Waals surface area contributed by atoms with Crippen molar-refractivity contribution in [1.82, 2.24) is 9.88 Å². The van der Waals surface area contributed by atoms with E-state index in [0.29, 0.717) is 16.6 Å². The van der Waals surface area contributed by atoms with Gasteiger partial charge in [0.1, 0.15) is 15.0 Å². The molecule has 0 bridgehead atoms. The summed E-state index contributed by atoms with van der Waals surface area (Å²) in [6.07, 6.45) is 4.59. The number of nitrogens with zero attached hydrogens (tertiary/aromatic N) is 2. The van der Waals surface area contributed by atoms with E-state index in [0.717, 1.165) is 55.8 Å². The monoisotopic (exact) mass is 492 g/mol. The summed E-state index contributed by atoms with van der Waals surface area (Å²) in [5, 5.41) is 3.47. The largest absolute Gasteiger partial charge is 0.382 e. The summed E-state index contributed by atoms with van der Waals surface area (Å²) in [6, 6.07) is 2.27. The van der Waals surface area contributed by atoms with Crippen molar-refractivity contribution >= 4 is 55.4 Å². The van der Waals surface area contributed by atoms with E-state index in [1.807, 2.05) is 0 Å². The van der Waals surface area contributed by atoms with E-state index >= 15 is 0 Å². The van der Waals surface area contributed by atoms with E-state index in [1.165, 1.54) is 6.20 Å². The number of fused-ring (bicyclic) bond motifs is 1. The number of benzene rings is 1. The summed E-state index contributed by atoms with van der Waals surface area (Å²) in [6.45, 7) is 7.28. The molecular weight excluding hydrogens is 470 g/mol. The molecule has 0 unspecified atom stereocenters. The molecule has 0 spiro atoms. The summed E-state index contributed by atoms with van der Waals surface area (Å²) in [7, 11) is -4.19. The molecular formula is C19H23Cl2FN4O2S2. The Balaban J connectivity index is 1.53. The first kappa shape index (κ1) is 22.1. The Morgan fingerprint density at radius 2 is 2.10 bits per heavy atom. The summed E-state index contributed by atoms with van der Waals surface area (Å²) in [5.74, 6) is -0.885. The zero-order valence-electron chi connectivity index (χ0n) is 16.6. The molecule has 11 heteroatoms. The summed E-state index contributed by atoms with van der Waals surface area (Å²) >= 11 is 13.0. The fraction of sp³-hybridized carbons (Fsp3) is 0.526. The molecule has 4 rings (SSSR count). The number of hydrogen-bond donors (Lipinski definition) is 2. The van der Waals surface area contributed by atoms with Crippen molar-refractivity contribution in [2.45, 2.75) is 43.5 Å². The molecule has 1 aromatic heterocycles. The van der Waals surface area contributed by atoms with Gasteiger partial charge in [-0.15, -0.1) is 0 Å². The molecule has 0 saturated carbocycles. The highest BCUT2D eigenvalue weighted by atomic mass is 35.5. The van der Waals surface area contributed by atoms with Gasteiger partial charge < -0.3 is 5.32 Å². The van der Waals surface area contributed by atoms with Crippen LogP contribution in [0.4, 0.5) is 15.2 Å². The molecule has 2 N–H and O–H groups in total. The van der Waals surface area contributed by atoms with Crippen LogP contribution in [0.25, 0.3) is 0 Å². The molecule has 0 radical (unpaired) electrons. The lowest BCUT2D eigenvalue weighted by atomic mass is 9.82. The topological polar surface area (TPSA) is 74.3 Å². The molecule has 2 fully saturated rings. The van der Waals surface area contributed by atoms with Crippen LogP contribution in [0.5, 0.6) is 0 Å². The third-order valence-corrected chi connectivity index (χ3v) is 8.61. The van der Waals surface area contributed by atoms with Crippen LogP contribution in [-0.4, -0.2) is 43.5 Å². The number of rotatable bonds is 6. The maximum atomic E-state index is 14.8. The lowest BCUT2D eigenvalue weighted by molar-refractivity contribution is 0.209. The van der Waals surface area contributed by atoms with Crippen LogP contribution in [0.3, 0.4) is 0 Å². The van der Waals surface area contributed by atoms with Gasteiger partial charge in [0.2, 0.25) is 0 Å². The molecule has 1 atom stereocenters. The van der Waals surface area contributed by atoms with Gasteiger partial charge in [0.05, 0.1) is 16.9 Å². The first-order valence-corrected chi connectivity index (χ1v) is 12.7. The van der Waals surface area contributed by atoms with Gasteiger partial charge >= 0.3 is 0 Å². The van der Waals surface area contributed by atoms with Crippen molar-refractivity contribution in [1.29, 1.82) is 0 Å². The van der Waals surface area contributed by atoms with Crippen molar-refractivity contribution in [2.24, 2.45) is 5.41 Å². The lowest BCUT2D eigenvalue weighted by Crippen LogP contribution is -2.44. The van der Waals surface area contributed by atoms with Crippen molar-refractivity contribution < 1.29 is 12.8 Å². The molecule has 0 amide bonds. The first-order chi connectivity index (χ1) is 14.0. The Kier molecular flexibility index (Phi) is 5.72. The standard InChI is InChI=1S/C19H23Cl2FN4O2S2/c1-18(2)9-19(4-3-5-26(19)11-18)10-24-14-7-13(22)15(6-12(14)20)30(27,28)25-17-23-8-16(21)29-17/h6-8,24H,3-5,9-11H2,1-2H3,(H,23,25)/t19-/m0/s1. The molecule has 0 aliphatic carbocycles. The zero-order valence-corrected chi connectivity index (χ0v) is 19.8. The molecule has 3 heterocycles. The predicted octanol–water partition coefficient (Wildman–Crippen LogP) is 5.07. The van der Waals surface area contributed by atoms with E-state index in [-0.39, 0.29) is 21.1 Å². The van der Waals surface area contributed by atoms with E-state index in [1.54, 1.807) is 0 Å². The Morgan fingerprint density at radius 3 is 2.80 bits per heavy atom. The van der Waals surface area contributed by atoms with Crippen LogP contribution in [0.1, 0.15) is 33.1 Å². The van der Waals surface area contributed by atoms with Crippen LogP contribution in [0.2, 0.25) is 9.36 Å². The minimum atomic E-state index is -4.19. The van der Waals surface area contributed by atoms with Crippen LogP contribution >= 0.6 is 34.5 Å². The van der Waals surface area contributed by atoms with Crippen LogP contribution in [0.15, 0.2) is 23.2 Å². The number of aromatic nitrogens is 1. The van der Waals surface area contributed by atoms with Gasteiger partial charge in [0.25, 0.3) is 10.0 Å². The average molecular weight is 493 g/mol. The van der Waals surface area contributed by atoms with E-state index in [9.17, 15) is 12.8 Å². The van der Waals surface area contributed by atoms with Gasteiger partial charge in [-0.2, -0.15) is 0 Å². The normalized spacial score (nSPS) is 23.5. The maximum absolute atomic E-state index is 14.8. The van der Waals surface area contributed by atoms with Crippen LogP contribution in [-0.2, 0) is 10.0 Å². The van der Waals surface area contributed by atoms with E-state index in [2.05, 4.69) is 33.8 Å². The van der Waals surface area contributed by atoms with Crippen LogP contribution in [0, 0.1) is 11.2 Å². The highest BCUT2D eigenvalue weighted by molar-refractivity contribution is 7.93. The number of anilines is 2. The molecule has 2 saturated heterocycles. The second-order valence-corrected chi connectivity index (χ2v) is 12.5. The highest BCUT2D eigenvalue weighted by Crippen LogP contribution is 2.47. The third-order valence-electron chi connectivity index (χ3n) is 5.79. The molecule has 2 aliphatic rings. The lowest BCUT2D eigenvalue weighted by Gasteiger charge is -2.33. The van der Waals surface area contributed by atoms with Crippen molar-refractivity contribution in [3.63, 3.8) is 0 Å². The van der Waals surface area contributed by atoms with E-state index in [4.69, 9.17) is 23.2 Å². The minimum Gasteiger partial charge on any atom is -0.382 e. The van der Waals surface area contributed by atoms with Gasteiger partial charge in [-0.3, -0.25) is 9.62 Å². The molecule has 30 heavy (non-hydrogen) atoms. The smallest absolute Gasteiger partial charge is 0.266 e. The van der Waals surface area contributed by atoms with Crippen molar-refractivity contribution in [3.05, 3.63) is 33.5 Å². The Morgan fingerprint density at radius 1 is 1.33 bits per heavy atom. The number of sulfonamides is 1. The Labute approximate surface area is 189 Å². The quantitative estimate of drug-likeness (QED) is 0.588. The van der Waals surface area contributed by atoms with Gasteiger partial charge in [-0.05, 0) is 43.4 Å². The number of thiazole rings is 1. The van der Waals surface area contributed by atoms with Crippen molar-refractivity contribution in [3.8, 4) is 0 Å². The van der Waals surface area contributed by atoms with Crippen LogP contribution < -0.4 is 10.0 Å². The Hall–Kier alpha value is -1.13. The minimum absolute atomic E-state index is 0.0275. The third kappa shape index (κ3) is 4.27. The second kappa shape index (κ2) is 7.78. The average Bonchev–Trinajstić information content (AvgIpc) is 3.26. The highest BCUT2D eigenvalue weighted by Gasteiger charge is 2.51. The molecule has 2 aromatic rings. The fourth-order valence-corrected chi connectivity index (χ4v) is 7.20. The number of halogens is 3. The van der Waals surface area contributed by atoms with Gasteiger partial charge in [-0.25, -0.2) is 17.8 Å². The molecule has 6 nitrogen and oxygen atoms in total. The fourth-order valence-electron chi connectivity index (χ4n) is 4.77. The molecule has 1 aromatic carbocycles. The summed E-state index contributed by atoms with van der Waals surface area (Å²) in [5.41, 5.74) is 0.649. The molecule has 2 aliphatic heterocycles. The van der Waals surface area contributed by atoms with Gasteiger partial charge in [0.15, 0.2) is 5.13 Å². The second-order valence-electron chi connectivity index (χ2n) is 8.78. The zero-order chi connectivity index (χ0) is 21.7. The van der Waals surface area contributed by atoms with Gasteiger partial charge in [0, 0.05) is 18.6 Å². The van der Waals surface area contributed by atoms with Gasteiger partial charge in [-0.1, -0.05) is 48.4 Å². The number of nitrogens with one attached hydrogen (secondary N) is 2. The SMILES string of the molecule is CC1(C)CN2CCC[C@@]2(CNc2cc(F)c(S(=O)(=O)Nc3ncc(Cl)s3)cc2Cl)C1. The first-order valence-electron chi connectivity index (χ1n) is 9.62. The number of hydrogen-bond acceptors (Lipinski definition) is 6. The summed E-state index contributed by atoms with van der Waals surface area (Å²) < 4.78 is 42.4. The molecule has 164 valence electrons.